The van der Waals surface area contributed by atoms with E-state index in [1.165, 1.54) is 19.2 Å². The number of methoxy groups -OCH3 is 1. The van der Waals surface area contributed by atoms with Gasteiger partial charge in [-0.2, -0.15) is 0 Å². The predicted octanol–water partition coefficient (Wildman–Crippen LogP) is 3.85. The second-order valence-electron chi connectivity index (χ2n) is 4.05. The van der Waals surface area contributed by atoms with Crippen molar-refractivity contribution >= 4 is 11.6 Å². The van der Waals surface area contributed by atoms with E-state index in [0.717, 1.165) is 18.2 Å². The molecule has 0 fully saturated rings. The normalized spacial score (nSPS) is 12.3. The second kappa shape index (κ2) is 5.73. The highest BCUT2D eigenvalue weighted by Gasteiger charge is 2.24. The first-order chi connectivity index (χ1) is 9.45. The minimum atomic E-state index is -1.72. The van der Waals surface area contributed by atoms with Crippen molar-refractivity contribution in [1.82, 2.24) is 0 Å². The number of halogens is 4. The minimum Gasteiger partial charge on any atom is -0.497 e. The topological polar surface area (TPSA) is 29.5 Å². The highest BCUT2D eigenvalue weighted by Crippen LogP contribution is 2.34. The first-order valence-electron chi connectivity index (χ1n) is 5.60. The first-order valence-corrected chi connectivity index (χ1v) is 5.98. The van der Waals surface area contributed by atoms with Crippen LogP contribution in [0.1, 0.15) is 17.2 Å². The molecule has 0 bridgehead atoms. The van der Waals surface area contributed by atoms with Crippen LogP contribution in [0.2, 0.25) is 5.02 Å². The molecule has 0 aliphatic heterocycles. The summed E-state index contributed by atoms with van der Waals surface area (Å²) in [6, 6.07) is 5.52. The zero-order chi connectivity index (χ0) is 14.9. The van der Waals surface area contributed by atoms with E-state index in [4.69, 9.17) is 16.3 Å². The van der Waals surface area contributed by atoms with Crippen LogP contribution in [0, 0.1) is 17.5 Å². The van der Waals surface area contributed by atoms with Crippen LogP contribution in [-0.4, -0.2) is 12.2 Å². The van der Waals surface area contributed by atoms with Gasteiger partial charge in [0.15, 0.2) is 0 Å². The van der Waals surface area contributed by atoms with Gasteiger partial charge in [0.1, 0.15) is 29.3 Å². The fourth-order valence-corrected chi connectivity index (χ4v) is 2.06. The lowest BCUT2D eigenvalue weighted by Gasteiger charge is -2.15. The van der Waals surface area contributed by atoms with Crippen LogP contribution >= 0.6 is 11.6 Å². The van der Waals surface area contributed by atoms with Crippen LogP contribution in [0.25, 0.3) is 0 Å². The van der Waals surface area contributed by atoms with Crippen LogP contribution in [0.4, 0.5) is 13.2 Å². The third-order valence-electron chi connectivity index (χ3n) is 2.84. The molecule has 6 heteroatoms. The van der Waals surface area contributed by atoms with Gasteiger partial charge in [0.05, 0.1) is 17.7 Å². The molecule has 20 heavy (non-hydrogen) atoms. The molecule has 0 amide bonds. The van der Waals surface area contributed by atoms with Gasteiger partial charge in [0.25, 0.3) is 0 Å². The van der Waals surface area contributed by atoms with Gasteiger partial charge in [-0.3, -0.25) is 0 Å². The van der Waals surface area contributed by atoms with Crippen LogP contribution in [0.5, 0.6) is 5.75 Å². The van der Waals surface area contributed by atoms with Crippen molar-refractivity contribution in [2.24, 2.45) is 0 Å². The van der Waals surface area contributed by atoms with Gasteiger partial charge in [-0.1, -0.05) is 23.7 Å². The van der Waals surface area contributed by atoms with Crippen LogP contribution < -0.4 is 4.74 Å². The average Bonchev–Trinajstić information content (AvgIpc) is 2.40. The maximum absolute atomic E-state index is 13.8. The Kier molecular flexibility index (Phi) is 4.20. The highest BCUT2D eigenvalue weighted by molar-refractivity contribution is 6.31. The molecule has 1 unspecified atom stereocenters. The molecule has 0 aliphatic rings. The Hall–Kier alpha value is -1.72. The lowest BCUT2D eigenvalue weighted by Crippen LogP contribution is -2.07. The molecule has 1 atom stereocenters. The fourth-order valence-electron chi connectivity index (χ4n) is 1.83. The number of aliphatic hydroxyl groups is 1. The summed E-state index contributed by atoms with van der Waals surface area (Å²) in [5.74, 6) is -2.82. The Bertz CT molecular complexity index is 623. The van der Waals surface area contributed by atoms with E-state index in [9.17, 15) is 18.3 Å². The summed E-state index contributed by atoms with van der Waals surface area (Å²) >= 11 is 5.70. The van der Waals surface area contributed by atoms with E-state index in [1.807, 2.05) is 0 Å². The van der Waals surface area contributed by atoms with Gasteiger partial charge in [-0.25, -0.2) is 13.2 Å². The number of hydrogen-bond acceptors (Lipinski definition) is 2. The summed E-state index contributed by atoms with van der Waals surface area (Å²) < 4.78 is 45.7. The Labute approximate surface area is 118 Å². The van der Waals surface area contributed by atoms with Gasteiger partial charge in [-0.05, 0) is 6.07 Å². The summed E-state index contributed by atoms with van der Waals surface area (Å²) in [6.45, 7) is 0. The summed E-state index contributed by atoms with van der Waals surface area (Å²) in [4.78, 5) is 0. The van der Waals surface area contributed by atoms with Gasteiger partial charge in [0, 0.05) is 17.7 Å². The first kappa shape index (κ1) is 14.7. The second-order valence-corrected chi connectivity index (χ2v) is 4.43. The lowest BCUT2D eigenvalue weighted by molar-refractivity contribution is 0.208. The van der Waals surface area contributed by atoms with Crippen molar-refractivity contribution < 1.29 is 23.0 Å². The average molecular weight is 303 g/mol. The molecule has 2 rings (SSSR count). The molecule has 0 aromatic heterocycles. The lowest BCUT2D eigenvalue weighted by atomic mass is 10.00. The van der Waals surface area contributed by atoms with Crippen molar-refractivity contribution in [3.8, 4) is 5.75 Å². The van der Waals surface area contributed by atoms with Crippen molar-refractivity contribution in [2.45, 2.75) is 6.10 Å². The number of hydrogen-bond donors (Lipinski definition) is 1. The molecule has 2 aromatic rings. The van der Waals surface area contributed by atoms with E-state index >= 15 is 0 Å². The third-order valence-corrected chi connectivity index (χ3v) is 3.24. The standard InChI is InChI=1S/C14H10ClF3O2/c1-20-7-5-10(17)12(11(18)6-7)14(19)8-3-2-4-9(16)13(8)15/h2-6,14,19H,1H3. The van der Waals surface area contributed by atoms with Gasteiger partial charge < -0.3 is 9.84 Å². The molecule has 0 spiro atoms. The molecule has 2 aromatic carbocycles. The molecule has 0 radical (unpaired) electrons. The summed E-state index contributed by atoms with van der Waals surface area (Å²) in [6.07, 6.45) is -1.72. The summed E-state index contributed by atoms with van der Waals surface area (Å²) in [5, 5.41) is 9.67. The third kappa shape index (κ3) is 2.59. The molecule has 0 saturated heterocycles. The quantitative estimate of drug-likeness (QED) is 0.933. The van der Waals surface area contributed by atoms with Crippen LogP contribution in [-0.2, 0) is 0 Å². The number of rotatable bonds is 3. The van der Waals surface area contributed by atoms with Crippen molar-refractivity contribution in [3.05, 3.63) is 63.9 Å². The fraction of sp³-hybridized carbons (Fsp3) is 0.143. The van der Waals surface area contributed by atoms with Gasteiger partial charge in [0.2, 0.25) is 0 Å². The zero-order valence-corrected chi connectivity index (χ0v) is 11.1. The molecule has 106 valence electrons. The zero-order valence-electron chi connectivity index (χ0n) is 10.3. The van der Waals surface area contributed by atoms with E-state index < -0.39 is 29.1 Å². The summed E-state index contributed by atoms with van der Waals surface area (Å²) in [7, 11) is 1.26. The van der Waals surface area contributed by atoms with E-state index in [1.54, 1.807) is 0 Å². The van der Waals surface area contributed by atoms with Crippen molar-refractivity contribution in [2.75, 3.05) is 7.11 Å². The Morgan fingerprint density at radius 2 is 1.70 bits per heavy atom. The van der Waals surface area contributed by atoms with E-state index in [0.29, 0.717) is 0 Å². The largest absolute Gasteiger partial charge is 0.497 e. The Morgan fingerprint density at radius 1 is 1.10 bits per heavy atom. The smallest absolute Gasteiger partial charge is 0.142 e. The van der Waals surface area contributed by atoms with Crippen LogP contribution in [0.3, 0.4) is 0 Å². The monoisotopic (exact) mass is 302 g/mol. The Balaban J connectivity index is 2.54. The summed E-state index contributed by atoms with van der Waals surface area (Å²) in [5.41, 5.74) is -0.729. The van der Waals surface area contributed by atoms with Gasteiger partial charge in [-0.15, -0.1) is 0 Å². The van der Waals surface area contributed by atoms with E-state index in [-0.39, 0.29) is 16.3 Å². The molecule has 1 N–H and O–H groups in total. The molecule has 0 heterocycles. The number of ether oxygens (including phenoxy) is 1. The molecular formula is C14H10ClF3O2. The molecule has 2 nitrogen and oxygen atoms in total. The maximum Gasteiger partial charge on any atom is 0.142 e. The van der Waals surface area contributed by atoms with Crippen molar-refractivity contribution in [3.63, 3.8) is 0 Å². The highest BCUT2D eigenvalue weighted by atomic mass is 35.5. The van der Waals surface area contributed by atoms with Gasteiger partial charge >= 0.3 is 0 Å². The molecule has 0 aliphatic carbocycles. The van der Waals surface area contributed by atoms with Crippen LogP contribution in [0.15, 0.2) is 30.3 Å². The molecule has 0 saturated carbocycles. The SMILES string of the molecule is COc1cc(F)c(C(O)c2cccc(F)c2Cl)c(F)c1. The minimum absolute atomic E-state index is 0.0266. The van der Waals surface area contributed by atoms with E-state index in [2.05, 4.69) is 0 Å². The maximum atomic E-state index is 13.8. The number of aliphatic hydroxyl groups excluding tert-OH is 1. The number of benzene rings is 2. The predicted molar refractivity (Wildman–Crippen MR) is 68.4 cm³/mol. The Morgan fingerprint density at radius 3 is 2.25 bits per heavy atom. The molecular weight excluding hydrogens is 293 g/mol. The van der Waals surface area contributed by atoms with Crippen molar-refractivity contribution in [1.29, 1.82) is 0 Å².